The van der Waals surface area contributed by atoms with Gasteiger partial charge in [0.15, 0.2) is 0 Å². The van der Waals surface area contributed by atoms with Crippen molar-refractivity contribution in [2.24, 2.45) is 5.92 Å². The summed E-state index contributed by atoms with van der Waals surface area (Å²) >= 11 is 0. The van der Waals surface area contributed by atoms with Gasteiger partial charge in [-0.1, -0.05) is 18.2 Å². The van der Waals surface area contributed by atoms with Crippen molar-refractivity contribution in [3.8, 4) is 5.75 Å². The van der Waals surface area contributed by atoms with Gasteiger partial charge in [-0.25, -0.2) is 0 Å². The number of allylic oxidation sites excluding steroid dienone is 2. The van der Waals surface area contributed by atoms with Gasteiger partial charge < -0.3 is 9.64 Å². The van der Waals surface area contributed by atoms with E-state index in [1.54, 1.807) is 12.8 Å². The van der Waals surface area contributed by atoms with Crippen molar-refractivity contribution in [3.63, 3.8) is 0 Å². The van der Waals surface area contributed by atoms with E-state index < -0.39 is 0 Å². The average Bonchev–Trinajstić information content (AvgIpc) is 2.83. The van der Waals surface area contributed by atoms with E-state index in [-0.39, 0.29) is 0 Å². The molecule has 0 N–H and O–H groups in total. The van der Waals surface area contributed by atoms with Crippen molar-refractivity contribution < 1.29 is 4.74 Å². The SMILES string of the molecule is COc1ccc(CN2CCC3CCCC=C32)cc1. The van der Waals surface area contributed by atoms with Crippen LogP contribution < -0.4 is 4.74 Å². The first kappa shape index (κ1) is 11.6. The van der Waals surface area contributed by atoms with Gasteiger partial charge in [-0.3, -0.25) is 0 Å². The lowest BCUT2D eigenvalue weighted by atomic mass is 9.92. The van der Waals surface area contributed by atoms with Gasteiger partial charge in [0.25, 0.3) is 0 Å². The second-order valence-corrected chi connectivity index (χ2v) is 5.32. The molecule has 2 heteroatoms. The van der Waals surface area contributed by atoms with Crippen molar-refractivity contribution in [2.45, 2.75) is 32.2 Å². The predicted octanol–water partition coefficient (Wildman–Crippen LogP) is 3.58. The van der Waals surface area contributed by atoms with E-state index in [9.17, 15) is 0 Å². The van der Waals surface area contributed by atoms with E-state index in [0.29, 0.717) is 0 Å². The van der Waals surface area contributed by atoms with Crippen LogP contribution in [0, 0.1) is 5.92 Å². The molecule has 0 aromatic heterocycles. The minimum atomic E-state index is 0.844. The van der Waals surface area contributed by atoms with Gasteiger partial charge in [-0.2, -0.15) is 0 Å². The summed E-state index contributed by atoms with van der Waals surface area (Å²) in [6, 6.07) is 8.46. The first-order valence-electron chi connectivity index (χ1n) is 6.95. The summed E-state index contributed by atoms with van der Waals surface area (Å²) in [5, 5.41) is 0. The average molecular weight is 243 g/mol. The molecule has 1 saturated heterocycles. The molecule has 1 atom stereocenters. The van der Waals surface area contributed by atoms with E-state index in [1.807, 2.05) is 0 Å². The third kappa shape index (κ3) is 2.24. The molecule has 1 aromatic carbocycles. The molecule has 1 fully saturated rings. The molecular formula is C16H21NO. The van der Waals surface area contributed by atoms with E-state index in [0.717, 1.165) is 18.2 Å². The lowest BCUT2D eigenvalue weighted by molar-refractivity contribution is 0.372. The van der Waals surface area contributed by atoms with Crippen molar-refractivity contribution in [1.29, 1.82) is 0 Å². The van der Waals surface area contributed by atoms with Crippen LogP contribution in [0.2, 0.25) is 0 Å². The van der Waals surface area contributed by atoms with Crippen LogP contribution in [0.15, 0.2) is 36.0 Å². The van der Waals surface area contributed by atoms with Crippen LogP contribution in [0.5, 0.6) is 5.75 Å². The number of nitrogens with zero attached hydrogens (tertiary/aromatic N) is 1. The Kier molecular flexibility index (Phi) is 3.26. The number of methoxy groups -OCH3 is 1. The zero-order chi connectivity index (χ0) is 12.4. The lowest BCUT2D eigenvalue weighted by Crippen LogP contribution is -2.19. The van der Waals surface area contributed by atoms with Crippen LogP contribution in [-0.4, -0.2) is 18.6 Å². The molecule has 0 bridgehead atoms. The monoisotopic (exact) mass is 243 g/mol. The molecule has 1 aliphatic carbocycles. The van der Waals surface area contributed by atoms with Crippen LogP contribution in [0.3, 0.4) is 0 Å². The third-order valence-electron chi connectivity index (χ3n) is 4.17. The molecule has 0 radical (unpaired) electrons. The molecule has 0 spiro atoms. The van der Waals surface area contributed by atoms with E-state index in [4.69, 9.17) is 4.74 Å². The molecule has 1 unspecified atom stereocenters. The quantitative estimate of drug-likeness (QED) is 0.804. The highest BCUT2D eigenvalue weighted by Gasteiger charge is 2.28. The summed E-state index contributed by atoms with van der Waals surface area (Å²) in [6.45, 7) is 2.27. The van der Waals surface area contributed by atoms with Crippen molar-refractivity contribution in [3.05, 3.63) is 41.6 Å². The minimum Gasteiger partial charge on any atom is -0.497 e. The summed E-state index contributed by atoms with van der Waals surface area (Å²) in [4.78, 5) is 2.56. The molecular weight excluding hydrogens is 222 g/mol. The molecule has 18 heavy (non-hydrogen) atoms. The first-order chi connectivity index (χ1) is 8.86. The Balaban J connectivity index is 1.70. The van der Waals surface area contributed by atoms with Crippen LogP contribution in [-0.2, 0) is 6.54 Å². The molecule has 0 saturated carbocycles. The Morgan fingerprint density at radius 1 is 1.22 bits per heavy atom. The zero-order valence-electron chi connectivity index (χ0n) is 11.1. The second kappa shape index (κ2) is 5.05. The third-order valence-corrected chi connectivity index (χ3v) is 4.17. The molecule has 3 rings (SSSR count). The molecule has 1 heterocycles. The van der Waals surface area contributed by atoms with E-state index in [2.05, 4.69) is 35.2 Å². The fourth-order valence-electron chi connectivity index (χ4n) is 3.17. The summed E-state index contributed by atoms with van der Waals surface area (Å²) in [6.07, 6.45) is 7.85. The molecule has 1 aliphatic heterocycles. The first-order valence-corrected chi connectivity index (χ1v) is 6.95. The standard InChI is InChI=1S/C16H21NO/c1-18-15-8-6-13(7-9-15)12-17-11-10-14-4-2-3-5-16(14)17/h5-9,14H,2-4,10-12H2,1H3. The van der Waals surface area contributed by atoms with Gasteiger partial charge in [0, 0.05) is 24.7 Å². The van der Waals surface area contributed by atoms with Gasteiger partial charge in [-0.05, 0) is 43.4 Å². The Bertz CT molecular complexity index is 435. The maximum atomic E-state index is 5.20. The van der Waals surface area contributed by atoms with Crippen LogP contribution >= 0.6 is 0 Å². The molecule has 2 nitrogen and oxygen atoms in total. The van der Waals surface area contributed by atoms with E-state index in [1.165, 1.54) is 37.8 Å². The molecule has 96 valence electrons. The van der Waals surface area contributed by atoms with Crippen molar-refractivity contribution in [2.75, 3.05) is 13.7 Å². The van der Waals surface area contributed by atoms with Gasteiger partial charge in [0.1, 0.15) is 5.75 Å². The van der Waals surface area contributed by atoms with Gasteiger partial charge in [0.05, 0.1) is 7.11 Å². The molecule has 1 aromatic rings. The Morgan fingerprint density at radius 3 is 2.83 bits per heavy atom. The number of fused-ring (bicyclic) bond motifs is 1. The number of rotatable bonds is 3. The molecule has 2 aliphatic rings. The number of likely N-dealkylation sites (tertiary alicyclic amines) is 1. The van der Waals surface area contributed by atoms with Crippen molar-refractivity contribution in [1.82, 2.24) is 4.90 Å². The van der Waals surface area contributed by atoms with Crippen LogP contribution in [0.25, 0.3) is 0 Å². The zero-order valence-corrected chi connectivity index (χ0v) is 11.1. The fraction of sp³-hybridized carbons (Fsp3) is 0.500. The predicted molar refractivity (Wildman–Crippen MR) is 73.4 cm³/mol. The van der Waals surface area contributed by atoms with E-state index >= 15 is 0 Å². The largest absolute Gasteiger partial charge is 0.497 e. The van der Waals surface area contributed by atoms with Gasteiger partial charge in [-0.15, -0.1) is 0 Å². The summed E-state index contributed by atoms with van der Waals surface area (Å²) in [5.41, 5.74) is 2.99. The summed E-state index contributed by atoms with van der Waals surface area (Å²) < 4.78 is 5.20. The lowest BCUT2D eigenvalue weighted by Gasteiger charge is -2.25. The van der Waals surface area contributed by atoms with Crippen LogP contribution in [0.1, 0.15) is 31.2 Å². The number of ether oxygens (including phenoxy) is 1. The normalized spacial score (nSPS) is 22.6. The topological polar surface area (TPSA) is 12.5 Å². The maximum Gasteiger partial charge on any atom is 0.118 e. The summed E-state index contributed by atoms with van der Waals surface area (Å²) in [5.74, 6) is 1.78. The highest BCUT2D eigenvalue weighted by molar-refractivity contribution is 5.28. The highest BCUT2D eigenvalue weighted by Crippen LogP contribution is 2.36. The van der Waals surface area contributed by atoms with Gasteiger partial charge >= 0.3 is 0 Å². The smallest absolute Gasteiger partial charge is 0.118 e. The number of benzene rings is 1. The van der Waals surface area contributed by atoms with Crippen molar-refractivity contribution >= 4 is 0 Å². The highest BCUT2D eigenvalue weighted by atomic mass is 16.5. The summed E-state index contributed by atoms with van der Waals surface area (Å²) in [7, 11) is 1.72. The Labute approximate surface area is 109 Å². The molecule has 0 amide bonds. The maximum absolute atomic E-state index is 5.20. The number of hydrogen-bond acceptors (Lipinski definition) is 2. The Hall–Kier alpha value is -1.44. The van der Waals surface area contributed by atoms with Gasteiger partial charge in [0.2, 0.25) is 0 Å². The Morgan fingerprint density at radius 2 is 2.06 bits per heavy atom. The van der Waals surface area contributed by atoms with Crippen LogP contribution in [0.4, 0.5) is 0 Å². The second-order valence-electron chi connectivity index (χ2n) is 5.32. The minimum absolute atomic E-state index is 0.844. The number of hydrogen-bond donors (Lipinski definition) is 0. The fourth-order valence-corrected chi connectivity index (χ4v) is 3.17.